The molecule has 4 rings (SSSR count). The van der Waals surface area contributed by atoms with Crippen LogP contribution in [0, 0.1) is 27.7 Å². The van der Waals surface area contributed by atoms with Gasteiger partial charge in [0.1, 0.15) is 11.3 Å². The minimum absolute atomic E-state index is 0.112. The Kier molecular flexibility index (Phi) is 5.54. The number of anilines is 2. The number of aryl methyl sites for hydroxylation is 4. The van der Waals surface area contributed by atoms with Crippen LogP contribution in [0.4, 0.5) is 11.5 Å². The van der Waals surface area contributed by atoms with Crippen LogP contribution >= 0.6 is 23.2 Å². The highest BCUT2D eigenvalue weighted by atomic mass is 35.5. The smallest absolute Gasteiger partial charge is 0.229 e. The summed E-state index contributed by atoms with van der Waals surface area (Å²) in [6.45, 7) is 9.62. The summed E-state index contributed by atoms with van der Waals surface area (Å²) in [6, 6.07) is 15.5. The molecule has 0 radical (unpaired) electrons. The molecule has 0 aliphatic heterocycles. The Bertz CT molecular complexity index is 1320. The first kappa shape index (κ1) is 21.4. The van der Waals surface area contributed by atoms with Gasteiger partial charge in [-0.05, 0) is 62.6 Å². The molecule has 4 aromatic rings. The van der Waals surface area contributed by atoms with E-state index in [-0.39, 0.29) is 5.91 Å². The van der Waals surface area contributed by atoms with Crippen molar-refractivity contribution in [3.05, 3.63) is 81.0 Å². The van der Waals surface area contributed by atoms with Crippen LogP contribution in [0.15, 0.2) is 48.5 Å². The minimum atomic E-state index is -0.112. The summed E-state index contributed by atoms with van der Waals surface area (Å²) in [5.74, 6) is 0.542. The number of aromatic nitrogens is 2. The number of carbonyl (C=O) groups is 1. The van der Waals surface area contributed by atoms with Crippen LogP contribution < -0.4 is 4.90 Å². The maximum atomic E-state index is 13.1. The number of hydrogen-bond acceptors (Lipinski definition) is 2. The summed E-state index contributed by atoms with van der Waals surface area (Å²) < 4.78 is 2.01. The van der Waals surface area contributed by atoms with E-state index in [1.165, 1.54) is 0 Å². The number of benzene rings is 2. The topological polar surface area (TPSA) is 37.6 Å². The summed E-state index contributed by atoms with van der Waals surface area (Å²) in [6.07, 6.45) is 0. The lowest BCUT2D eigenvalue weighted by atomic mass is 10.1. The van der Waals surface area contributed by atoms with Crippen molar-refractivity contribution in [2.24, 2.45) is 0 Å². The monoisotopic (exact) mass is 451 g/mol. The average Bonchev–Trinajstić information content (AvgIpc) is 3.05. The Balaban J connectivity index is 2.17. The first-order valence-corrected chi connectivity index (χ1v) is 10.8. The van der Waals surface area contributed by atoms with Gasteiger partial charge < -0.3 is 0 Å². The SMILES string of the molecule is CC(=O)N(c1c(C)cccc1C)c1c(-c2cccc(Cl)c2Cl)nc2cc(C)cc(C)n12. The molecule has 4 nitrogen and oxygen atoms in total. The summed E-state index contributed by atoms with van der Waals surface area (Å²) >= 11 is 12.9. The Labute approximate surface area is 192 Å². The fourth-order valence-electron chi connectivity index (χ4n) is 4.16. The third-order valence-corrected chi connectivity index (χ3v) is 6.24. The van der Waals surface area contributed by atoms with Gasteiger partial charge in [-0.25, -0.2) is 4.98 Å². The molecule has 158 valence electrons. The van der Waals surface area contributed by atoms with Crippen LogP contribution in [-0.2, 0) is 4.79 Å². The minimum Gasteiger partial charge on any atom is -0.282 e. The highest BCUT2D eigenvalue weighted by Crippen LogP contribution is 2.42. The number of pyridine rings is 1. The summed E-state index contributed by atoms with van der Waals surface area (Å²) in [5, 5.41) is 0.852. The third kappa shape index (κ3) is 3.60. The lowest BCUT2D eigenvalue weighted by Gasteiger charge is -2.26. The fraction of sp³-hybridized carbons (Fsp3) is 0.200. The van der Waals surface area contributed by atoms with Crippen molar-refractivity contribution in [3.8, 4) is 11.3 Å². The molecule has 0 N–H and O–H groups in total. The Morgan fingerprint density at radius 3 is 2.26 bits per heavy atom. The number of carbonyl (C=O) groups excluding carboxylic acids is 1. The van der Waals surface area contributed by atoms with E-state index in [0.717, 1.165) is 33.7 Å². The van der Waals surface area contributed by atoms with E-state index >= 15 is 0 Å². The van der Waals surface area contributed by atoms with Gasteiger partial charge in [-0.15, -0.1) is 0 Å². The molecule has 0 aliphatic rings. The van der Waals surface area contributed by atoms with Crippen molar-refractivity contribution >= 4 is 46.3 Å². The second-order valence-corrected chi connectivity index (χ2v) is 8.63. The second kappa shape index (κ2) is 8.03. The normalized spacial score (nSPS) is 11.2. The average molecular weight is 452 g/mol. The van der Waals surface area contributed by atoms with Crippen LogP contribution in [0.3, 0.4) is 0 Å². The molecule has 0 saturated heterocycles. The molecule has 0 saturated carbocycles. The van der Waals surface area contributed by atoms with Crippen LogP contribution in [-0.4, -0.2) is 15.3 Å². The zero-order valence-electron chi connectivity index (χ0n) is 18.1. The van der Waals surface area contributed by atoms with Crippen LogP contribution in [0.2, 0.25) is 10.0 Å². The largest absolute Gasteiger partial charge is 0.282 e. The predicted octanol–water partition coefficient (Wildman–Crippen LogP) is 7.23. The maximum Gasteiger partial charge on any atom is 0.229 e. The molecule has 0 spiro atoms. The fourth-order valence-corrected chi connectivity index (χ4v) is 4.55. The summed E-state index contributed by atoms with van der Waals surface area (Å²) in [5.41, 5.74) is 6.94. The molecular formula is C25H23Cl2N3O. The Morgan fingerprint density at radius 1 is 0.968 bits per heavy atom. The number of nitrogens with zero attached hydrogens (tertiary/aromatic N) is 3. The molecule has 2 aromatic carbocycles. The van der Waals surface area contributed by atoms with Crippen molar-refractivity contribution in [2.45, 2.75) is 34.6 Å². The van der Waals surface area contributed by atoms with E-state index in [0.29, 0.717) is 27.1 Å². The van der Waals surface area contributed by atoms with Gasteiger partial charge >= 0.3 is 0 Å². The molecule has 6 heteroatoms. The van der Waals surface area contributed by atoms with E-state index < -0.39 is 0 Å². The molecule has 1 amide bonds. The number of rotatable bonds is 3. The highest BCUT2D eigenvalue weighted by molar-refractivity contribution is 6.43. The number of amides is 1. The molecule has 0 fully saturated rings. The zero-order chi connectivity index (χ0) is 22.4. The first-order chi connectivity index (χ1) is 14.7. The molecule has 0 aliphatic carbocycles. The van der Waals surface area contributed by atoms with Crippen molar-refractivity contribution < 1.29 is 4.79 Å². The van der Waals surface area contributed by atoms with Gasteiger partial charge in [0, 0.05) is 18.2 Å². The van der Waals surface area contributed by atoms with Crippen LogP contribution in [0.25, 0.3) is 16.9 Å². The number of fused-ring (bicyclic) bond motifs is 1. The maximum absolute atomic E-state index is 13.1. The predicted molar refractivity (Wildman–Crippen MR) is 129 cm³/mol. The van der Waals surface area contributed by atoms with Gasteiger partial charge in [-0.3, -0.25) is 14.1 Å². The van der Waals surface area contributed by atoms with Gasteiger partial charge in [0.15, 0.2) is 5.82 Å². The van der Waals surface area contributed by atoms with Gasteiger partial charge in [0.2, 0.25) is 5.91 Å². The van der Waals surface area contributed by atoms with Crippen molar-refractivity contribution in [1.82, 2.24) is 9.38 Å². The van der Waals surface area contributed by atoms with Crippen molar-refractivity contribution in [3.63, 3.8) is 0 Å². The van der Waals surface area contributed by atoms with E-state index in [9.17, 15) is 4.79 Å². The molecule has 2 heterocycles. The van der Waals surface area contributed by atoms with Crippen LogP contribution in [0.1, 0.15) is 29.3 Å². The van der Waals surface area contributed by atoms with Crippen molar-refractivity contribution in [2.75, 3.05) is 4.90 Å². The van der Waals surface area contributed by atoms with E-state index in [4.69, 9.17) is 28.2 Å². The van der Waals surface area contributed by atoms with E-state index in [2.05, 4.69) is 6.07 Å². The highest BCUT2D eigenvalue weighted by Gasteiger charge is 2.28. The standard InChI is InChI=1S/C25H23Cl2N3O/c1-14-12-17(4)29-21(13-14)28-23(19-10-7-11-20(26)22(19)27)25(29)30(18(5)31)24-15(2)8-6-9-16(24)3/h6-13H,1-5H3. The summed E-state index contributed by atoms with van der Waals surface area (Å²) in [4.78, 5) is 19.8. The second-order valence-electron chi connectivity index (χ2n) is 7.85. The molecule has 0 unspecified atom stereocenters. The lowest BCUT2D eigenvalue weighted by molar-refractivity contribution is -0.115. The molecule has 0 atom stereocenters. The molecular weight excluding hydrogens is 429 g/mol. The lowest BCUT2D eigenvalue weighted by Crippen LogP contribution is -2.26. The number of para-hydroxylation sites is 1. The van der Waals surface area contributed by atoms with Gasteiger partial charge in [-0.2, -0.15) is 0 Å². The quantitative estimate of drug-likeness (QED) is 0.329. The van der Waals surface area contributed by atoms with Crippen molar-refractivity contribution in [1.29, 1.82) is 0 Å². The van der Waals surface area contributed by atoms with E-state index in [1.807, 2.05) is 68.5 Å². The number of halogens is 2. The third-order valence-electron chi connectivity index (χ3n) is 5.42. The van der Waals surface area contributed by atoms with Gasteiger partial charge in [-0.1, -0.05) is 53.5 Å². The van der Waals surface area contributed by atoms with Gasteiger partial charge in [0.05, 0.1) is 15.7 Å². The zero-order valence-corrected chi connectivity index (χ0v) is 19.6. The summed E-state index contributed by atoms with van der Waals surface area (Å²) in [7, 11) is 0. The Hall–Kier alpha value is -2.82. The van der Waals surface area contributed by atoms with Crippen LogP contribution in [0.5, 0.6) is 0 Å². The van der Waals surface area contributed by atoms with Gasteiger partial charge in [0.25, 0.3) is 0 Å². The Morgan fingerprint density at radius 2 is 1.61 bits per heavy atom. The first-order valence-electron chi connectivity index (χ1n) is 10.0. The molecule has 0 bridgehead atoms. The molecule has 31 heavy (non-hydrogen) atoms. The number of hydrogen-bond donors (Lipinski definition) is 0. The van der Waals surface area contributed by atoms with E-state index in [1.54, 1.807) is 17.9 Å². The number of imidazole rings is 1. The molecule has 2 aromatic heterocycles.